The Morgan fingerprint density at radius 3 is 1.79 bits per heavy atom. The number of esters is 1. The molecule has 0 radical (unpaired) electrons. The molecular weight excluding hydrogens is 556 g/mol. The molecule has 0 bridgehead atoms. The van der Waals surface area contributed by atoms with Crippen molar-refractivity contribution in [2.75, 3.05) is 20.3 Å². The number of ether oxygens (including phenoxy) is 3. The second-order valence-electron chi connectivity index (χ2n) is 8.58. The number of aromatic carboxylic acids is 1. The van der Waals surface area contributed by atoms with Gasteiger partial charge in [-0.2, -0.15) is 0 Å². The Labute approximate surface area is 210 Å². The molecule has 2 aliphatic heterocycles. The topological polar surface area (TPSA) is 82.1 Å². The van der Waals surface area contributed by atoms with Gasteiger partial charge in [-0.05, 0) is 105 Å². The quantitative estimate of drug-likeness (QED) is 0.417. The van der Waals surface area contributed by atoms with Crippen LogP contribution in [0.5, 0.6) is 11.5 Å². The van der Waals surface area contributed by atoms with E-state index in [1.807, 2.05) is 6.07 Å². The van der Waals surface area contributed by atoms with Crippen molar-refractivity contribution in [3.63, 3.8) is 0 Å². The first-order valence-electron chi connectivity index (χ1n) is 10.9. The summed E-state index contributed by atoms with van der Waals surface area (Å²) in [6, 6.07) is 6.93. The van der Waals surface area contributed by atoms with Crippen LogP contribution in [0, 0.1) is 11.8 Å². The summed E-state index contributed by atoms with van der Waals surface area (Å²) in [6.45, 7) is 5.76. The number of carbonyl (C=O) groups is 2. The Hall–Kier alpha value is -2.06. The molecular formula is C25H28Br2O6. The monoisotopic (exact) mass is 582 g/mol. The lowest BCUT2D eigenvalue weighted by molar-refractivity contribution is 0.0599. The lowest BCUT2D eigenvalue weighted by atomic mass is 9.97. The van der Waals surface area contributed by atoms with Crippen LogP contribution >= 0.6 is 31.9 Å². The van der Waals surface area contributed by atoms with E-state index in [1.165, 1.54) is 7.11 Å². The predicted octanol–water partition coefficient (Wildman–Crippen LogP) is 6.31. The number of methoxy groups -OCH3 is 1. The highest BCUT2D eigenvalue weighted by molar-refractivity contribution is 9.11. The second kappa shape index (κ2) is 11.4. The number of rotatable bonds is 2. The molecule has 2 aromatic carbocycles. The minimum absolute atomic E-state index is 0.309. The van der Waals surface area contributed by atoms with E-state index in [0.717, 1.165) is 63.9 Å². The summed E-state index contributed by atoms with van der Waals surface area (Å²) in [4.78, 5) is 22.5. The van der Waals surface area contributed by atoms with Crippen LogP contribution < -0.4 is 9.47 Å². The normalized spacial score (nSPS) is 19.2. The van der Waals surface area contributed by atoms with Gasteiger partial charge in [0.1, 0.15) is 11.5 Å². The Balaban J connectivity index is 0.000000186. The lowest BCUT2D eigenvalue weighted by Gasteiger charge is -2.11. The fourth-order valence-electron chi connectivity index (χ4n) is 3.97. The lowest BCUT2D eigenvalue weighted by Crippen LogP contribution is -2.04. The summed E-state index contributed by atoms with van der Waals surface area (Å²) in [5, 5.41) is 8.99. The van der Waals surface area contributed by atoms with Crippen molar-refractivity contribution >= 4 is 43.8 Å². The standard InChI is InChI=1S/C13H15BrO3.C12H13BrO3/c1-8-3-4-17-12-9(5-8)6-10(7-11(12)14)13(15)16-2;1-7-2-3-16-11-8(4-7)5-9(12(14)15)6-10(11)13/h6-8H,3-5H2,1-2H3;5-7H,2-4H2,1H3,(H,14,15). The molecule has 2 heterocycles. The maximum absolute atomic E-state index is 11.5. The third-order valence-electron chi connectivity index (χ3n) is 5.76. The highest BCUT2D eigenvalue weighted by Crippen LogP contribution is 2.36. The first kappa shape index (κ1) is 25.6. The average molecular weight is 584 g/mol. The van der Waals surface area contributed by atoms with Crippen LogP contribution in [0.2, 0.25) is 0 Å². The molecule has 2 aromatic rings. The molecule has 0 saturated heterocycles. The van der Waals surface area contributed by atoms with E-state index in [-0.39, 0.29) is 5.97 Å². The molecule has 0 aromatic heterocycles. The van der Waals surface area contributed by atoms with E-state index in [2.05, 4.69) is 45.7 Å². The summed E-state index contributed by atoms with van der Waals surface area (Å²) >= 11 is 6.82. The Kier molecular flexibility index (Phi) is 8.82. The van der Waals surface area contributed by atoms with Gasteiger partial charge < -0.3 is 19.3 Å². The molecule has 4 rings (SSSR count). The number of hydrogen-bond acceptors (Lipinski definition) is 5. The minimum Gasteiger partial charge on any atom is -0.492 e. The maximum Gasteiger partial charge on any atom is 0.337 e. The Morgan fingerprint density at radius 1 is 0.879 bits per heavy atom. The zero-order valence-electron chi connectivity index (χ0n) is 19.0. The molecule has 0 amide bonds. The Morgan fingerprint density at radius 2 is 1.33 bits per heavy atom. The molecule has 8 heteroatoms. The van der Waals surface area contributed by atoms with Crippen molar-refractivity contribution < 1.29 is 28.9 Å². The van der Waals surface area contributed by atoms with Gasteiger partial charge in [0.25, 0.3) is 0 Å². The number of carboxylic acid groups (broad SMARTS) is 1. The van der Waals surface area contributed by atoms with Crippen molar-refractivity contribution in [3.8, 4) is 11.5 Å². The molecule has 2 aliphatic rings. The van der Waals surface area contributed by atoms with E-state index in [9.17, 15) is 9.59 Å². The van der Waals surface area contributed by atoms with Gasteiger partial charge in [0.15, 0.2) is 0 Å². The largest absolute Gasteiger partial charge is 0.492 e. The first-order chi connectivity index (χ1) is 15.7. The number of fused-ring (bicyclic) bond motifs is 2. The fraction of sp³-hybridized carbons (Fsp3) is 0.440. The van der Waals surface area contributed by atoms with Crippen LogP contribution in [0.3, 0.4) is 0 Å². The van der Waals surface area contributed by atoms with Gasteiger partial charge in [-0.3, -0.25) is 0 Å². The smallest absolute Gasteiger partial charge is 0.337 e. The first-order valence-corrected chi connectivity index (χ1v) is 12.5. The highest BCUT2D eigenvalue weighted by Gasteiger charge is 2.21. The zero-order chi connectivity index (χ0) is 24.1. The molecule has 0 saturated carbocycles. The number of hydrogen-bond donors (Lipinski definition) is 1. The predicted molar refractivity (Wildman–Crippen MR) is 133 cm³/mol. The molecule has 6 nitrogen and oxygen atoms in total. The van der Waals surface area contributed by atoms with Crippen molar-refractivity contribution in [2.45, 2.75) is 39.5 Å². The summed E-state index contributed by atoms with van der Waals surface area (Å²) in [5.74, 6) is 1.54. The number of halogens is 2. The van der Waals surface area contributed by atoms with Gasteiger partial charge in [-0.1, -0.05) is 13.8 Å². The molecule has 1 N–H and O–H groups in total. The minimum atomic E-state index is -0.902. The van der Waals surface area contributed by atoms with Crippen LogP contribution in [0.25, 0.3) is 0 Å². The third-order valence-corrected chi connectivity index (χ3v) is 6.94. The van der Waals surface area contributed by atoms with E-state index in [4.69, 9.17) is 19.3 Å². The summed E-state index contributed by atoms with van der Waals surface area (Å²) in [6.07, 6.45) is 3.84. The summed E-state index contributed by atoms with van der Waals surface area (Å²) in [7, 11) is 1.39. The number of benzene rings is 2. The van der Waals surface area contributed by atoms with Crippen molar-refractivity contribution in [2.24, 2.45) is 11.8 Å². The summed E-state index contributed by atoms with van der Waals surface area (Å²) < 4.78 is 17.7. The highest BCUT2D eigenvalue weighted by atomic mass is 79.9. The maximum atomic E-state index is 11.5. The van der Waals surface area contributed by atoms with Crippen LogP contribution in [0.4, 0.5) is 0 Å². The second-order valence-corrected chi connectivity index (χ2v) is 10.3. The van der Waals surface area contributed by atoms with E-state index in [0.29, 0.717) is 29.6 Å². The number of carboxylic acids is 1. The van der Waals surface area contributed by atoms with Gasteiger partial charge >= 0.3 is 11.9 Å². The zero-order valence-corrected chi connectivity index (χ0v) is 22.1. The molecule has 0 aliphatic carbocycles. The number of carbonyl (C=O) groups excluding carboxylic acids is 1. The van der Waals surface area contributed by atoms with Crippen molar-refractivity contribution in [1.29, 1.82) is 0 Å². The van der Waals surface area contributed by atoms with E-state index < -0.39 is 5.97 Å². The van der Waals surface area contributed by atoms with Gasteiger partial charge in [0.05, 0.1) is 40.4 Å². The van der Waals surface area contributed by atoms with E-state index in [1.54, 1.807) is 18.2 Å². The van der Waals surface area contributed by atoms with E-state index >= 15 is 0 Å². The van der Waals surface area contributed by atoms with Gasteiger partial charge in [-0.25, -0.2) is 9.59 Å². The van der Waals surface area contributed by atoms with Gasteiger partial charge in [0.2, 0.25) is 0 Å². The molecule has 0 spiro atoms. The molecule has 2 unspecified atom stereocenters. The van der Waals surface area contributed by atoms with Gasteiger partial charge in [0, 0.05) is 0 Å². The van der Waals surface area contributed by atoms with Crippen LogP contribution in [-0.4, -0.2) is 37.4 Å². The Bertz CT molecular complexity index is 1040. The van der Waals surface area contributed by atoms with Crippen molar-refractivity contribution in [1.82, 2.24) is 0 Å². The van der Waals surface area contributed by atoms with Crippen molar-refractivity contribution in [3.05, 3.63) is 55.5 Å². The molecule has 33 heavy (non-hydrogen) atoms. The fourth-order valence-corrected chi connectivity index (χ4v) is 5.20. The summed E-state index contributed by atoms with van der Waals surface area (Å²) in [5.41, 5.74) is 2.93. The van der Waals surface area contributed by atoms with Gasteiger partial charge in [-0.15, -0.1) is 0 Å². The van der Waals surface area contributed by atoms with Crippen LogP contribution in [0.1, 0.15) is 58.5 Å². The average Bonchev–Trinajstić information content (AvgIpc) is 3.07. The SMILES string of the molecule is CC1CCOc2c(Br)cc(C(=O)O)cc2C1.COC(=O)c1cc(Br)c2c(c1)CC(C)CCO2. The van der Waals surface area contributed by atoms with Crippen LogP contribution in [-0.2, 0) is 17.6 Å². The third kappa shape index (κ3) is 6.51. The molecule has 178 valence electrons. The molecule has 2 atom stereocenters. The van der Waals surface area contributed by atoms with Crippen LogP contribution in [0.15, 0.2) is 33.2 Å². The molecule has 0 fully saturated rings.